The molecule has 0 radical (unpaired) electrons. The van der Waals surface area contributed by atoms with Gasteiger partial charge in [0, 0.05) is 11.8 Å². The van der Waals surface area contributed by atoms with Gasteiger partial charge in [-0.25, -0.2) is 0 Å². The van der Waals surface area contributed by atoms with Crippen LogP contribution in [0.4, 0.5) is 5.69 Å². The van der Waals surface area contributed by atoms with E-state index in [0.717, 1.165) is 11.3 Å². The third-order valence-electron chi connectivity index (χ3n) is 4.69. The number of furan rings is 1. The van der Waals surface area contributed by atoms with E-state index in [1.165, 1.54) is 12.3 Å². The molecule has 0 fully saturated rings. The van der Waals surface area contributed by atoms with E-state index in [1.54, 1.807) is 48.5 Å². The SMILES string of the molecule is CCOc1cc(/C=c2\s/c(=C\C(=O)c3ccco3)[nH]c2=O)ccc1OCC(=O)Nc1ccccc1. The van der Waals surface area contributed by atoms with Crippen LogP contribution in [-0.2, 0) is 4.79 Å². The molecular formula is C26H22N2O6S. The van der Waals surface area contributed by atoms with Crippen LogP contribution in [0.2, 0.25) is 0 Å². The molecule has 9 heteroatoms. The quantitative estimate of drug-likeness (QED) is 0.349. The molecule has 0 atom stereocenters. The Labute approximate surface area is 204 Å². The smallest absolute Gasteiger partial charge is 0.266 e. The van der Waals surface area contributed by atoms with Crippen LogP contribution < -0.4 is 29.5 Å². The molecule has 0 saturated heterocycles. The molecule has 0 spiro atoms. The molecule has 4 rings (SSSR count). The number of para-hydroxylation sites is 1. The van der Waals surface area contributed by atoms with Crippen LogP contribution in [0.5, 0.6) is 11.5 Å². The summed E-state index contributed by atoms with van der Waals surface area (Å²) in [6.45, 7) is 2.04. The number of ether oxygens (including phenoxy) is 2. The van der Waals surface area contributed by atoms with Gasteiger partial charge in [0.25, 0.3) is 11.5 Å². The Bertz CT molecular complexity index is 1490. The van der Waals surface area contributed by atoms with Crippen molar-refractivity contribution >= 4 is 40.9 Å². The summed E-state index contributed by atoms with van der Waals surface area (Å²) < 4.78 is 17.3. The summed E-state index contributed by atoms with van der Waals surface area (Å²) in [6, 6.07) is 17.4. The molecule has 8 nitrogen and oxygen atoms in total. The predicted molar refractivity (Wildman–Crippen MR) is 133 cm³/mol. The fourth-order valence-electron chi connectivity index (χ4n) is 3.15. The number of carbonyl (C=O) groups excluding carboxylic acids is 2. The maximum atomic E-state index is 12.4. The van der Waals surface area contributed by atoms with E-state index in [9.17, 15) is 14.4 Å². The van der Waals surface area contributed by atoms with Crippen LogP contribution in [0.3, 0.4) is 0 Å². The van der Waals surface area contributed by atoms with Crippen LogP contribution in [0.15, 0.2) is 76.1 Å². The molecule has 178 valence electrons. The highest BCUT2D eigenvalue weighted by Crippen LogP contribution is 2.28. The summed E-state index contributed by atoms with van der Waals surface area (Å²) in [5, 5.41) is 2.76. The summed E-state index contributed by atoms with van der Waals surface area (Å²) in [6.07, 6.45) is 4.42. The van der Waals surface area contributed by atoms with Gasteiger partial charge >= 0.3 is 0 Å². The Balaban J connectivity index is 1.51. The molecule has 0 unspecified atom stereocenters. The summed E-state index contributed by atoms with van der Waals surface area (Å²) in [4.78, 5) is 39.4. The lowest BCUT2D eigenvalue weighted by Gasteiger charge is -2.12. The minimum atomic E-state index is -0.338. The van der Waals surface area contributed by atoms with Crippen molar-refractivity contribution in [2.24, 2.45) is 0 Å². The maximum absolute atomic E-state index is 12.4. The second-order valence-electron chi connectivity index (χ2n) is 7.26. The van der Waals surface area contributed by atoms with Crippen molar-refractivity contribution in [3.63, 3.8) is 0 Å². The normalized spacial score (nSPS) is 11.9. The lowest BCUT2D eigenvalue weighted by molar-refractivity contribution is -0.118. The highest BCUT2D eigenvalue weighted by atomic mass is 32.1. The number of aromatic nitrogens is 1. The lowest BCUT2D eigenvalue weighted by Crippen LogP contribution is -2.20. The largest absolute Gasteiger partial charge is 0.490 e. The van der Waals surface area contributed by atoms with Gasteiger partial charge in [-0.3, -0.25) is 14.4 Å². The number of amides is 1. The Kier molecular flexibility index (Phi) is 7.59. The molecule has 0 aliphatic rings. The van der Waals surface area contributed by atoms with Gasteiger partial charge in [0.05, 0.1) is 22.1 Å². The summed E-state index contributed by atoms with van der Waals surface area (Å²) in [7, 11) is 0. The molecule has 2 aromatic carbocycles. The van der Waals surface area contributed by atoms with Crippen LogP contribution in [-0.4, -0.2) is 29.9 Å². The minimum Gasteiger partial charge on any atom is -0.490 e. The molecular weight excluding hydrogens is 468 g/mol. The first-order valence-corrected chi connectivity index (χ1v) is 11.6. The zero-order chi connectivity index (χ0) is 24.6. The zero-order valence-electron chi connectivity index (χ0n) is 18.8. The number of benzene rings is 2. The first-order chi connectivity index (χ1) is 17.0. The lowest BCUT2D eigenvalue weighted by atomic mass is 10.2. The number of H-pyrrole nitrogens is 1. The second-order valence-corrected chi connectivity index (χ2v) is 8.34. The molecule has 2 N–H and O–H groups in total. The van der Waals surface area contributed by atoms with E-state index in [0.29, 0.717) is 38.6 Å². The number of hydrogen-bond acceptors (Lipinski definition) is 7. The van der Waals surface area contributed by atoms with Gasteiger partial charge in [0.15, 0.2) is 23.9 Å². The van der Waals surface area contributed by atoms with Crippen LogP contribution in [0.1, 0.15) is 23.0 Å². The van der Waals surface area contributed by atoms with Crippen molar-refractivity contribution < 1.29 is 23.5 Å². The molecule has 0 bridgehead atoms. The molecule has 0 saturated carbocycles. The fourth-order valence-corrected chi connectivity index (χ4v) is 4.03. The molecule has 1 amide bonds. The standard InChI is InChI=1S/C26H22N2O6S/c1-2-32-22-13-17(10-11-21(22)34-16-24(30)27-18-7-4-3-5-8-18)14-23-26(31)28-25(35-23)15-19(29)20-9-6-12-33-20/h3-15H,2,16H2,1H3,(H,27,30)(H,28,31)/b23-14-,25-15-. The summed E-state index contributed by atoms with van der Waals surface area (Å²) >= 11 is 1.15. The summed E-state index contributed by atoms with van der Waals surface area (Å²) in [5.41, 5.74) is 1.06. The molecule has 35 heavy (non-hydrogen) atoms. The van der Waals surface area contributed by atoms with Crippen molar-refractivity contribution in [1.29, 1.82) is 0 Å². The monoisotopic (exact) mass is 490 g/mol. The predicted octanol–water partition coefficient (Wildman–Crippen LogP) is 2.94. The van der Waals surface area contributed by atoms with E-state index in [2.05, 4.69) is 10.3 Å². The number of anilines is 1. The van der Waals surface area contributed by atoms with Gasteiger partial charge in [-0.05, 0) is 55.0 Å². The van der Waals surface area contributed by atoms with Crippen molar-refractivity contribution in [2.75, 3.05) is 18.5 Å². The fraction of sp³-hybridized carbons (Fsp3) is 0.115. The van der Waals surface area contributed by atoms with Crippen molar-refractivity contribution in [3.05, 3.63) is 97.8 Å². The van der Waals surface area contributed by atoms with Gasteiger partial charge in [-0.2, -0.15) is 0 Å². The highest BCUT2D eigenvalue weighted by molar-refractivity contribution is 7.07. The number of carbonyl (C=O) groups is 2. The molecule has 0 aliphatic carbocycles. The van der Waals surface area contributed by atoms with E-state index in [-0.39, 0.29) is 29.6 Å². The number of ketones is 1. The van der Waals surface area contributed by atoms with Crippen LogP contribution >= 0.6 is 11.3 Å². The first kappa shape index (κ1) is 23.8. The second kappa shape index (κ2) is 11.2. The molecule has 4 aromatic rings. The molecule has 2 aromatic heterocycles. The average Bonchev–Trinajstić information content (AvgIpc) is 3.50. The van der Waals surface area contributed by atoms with Crippen LogP contribution in [0, 0.1) is 0 Å². The maximum Gasteiger partial charge on any atom is 0.266 e. The zero-order valence-corrected chi connectivity index (χ0v) is 19.6. The van der Waals surface area contributed by atoms with Gasteiger partial charge < -0.3 is 24.2 Å². The first-order valence-electron chi connectivity index (χ1n) is 10.8. The minimum absolute atomic E-state index is 0.189. The van der Waals surface area contributed by atoms with Gasteiger partial charge in [0.2, 0.25) is 5.78 Å². The van der Waals surface area contributed by atoms with E-state index in [4.69, 9.17) is 13.9 Å². The number of Topliss-reactive ketones (excluding diaryl/α,β-unsaturated/α-hetero) is 1. The van der Waals surface area contributed by atoms with E-state index < -0.39 is 0 Å². The highest BCUT2D eigenvalue weighted by Gasteiger charge is 2.10. The van der Waals surface area contributed by atoms with Crippen molar-refractivity contribution in [1.82, 2.24) is 4.98 Å². The Morgan fingerprint density at radius 1 is 1.06 bits per heavy atom. The van der Waals surface area contributed by atoms with E-state index >= 15 is 0 Å². The van der Waals surface area contributed by atoms with Gasteiger partial charge in [-0.1, -0.05) is 24.3 Å². The average molecular weight is 491 g/mol. The molecule has 0 aliphatic heterocycles. The number of nitrogens with one attached hydrogen (secondary N) is 2. The third-order valence-corrected chi connectivity index (χ3v) is 5.65. The number of aromatic amines is 1. The Hall–Kier alpha value is -4.37. The van der Waals surface area contributed by atoms with Gasteiger partial charge in [-0.15, -0.1) is 11.3 Å². The summed E-state index contributed by atoms with van der Waals surface area (Å²) in [5.74, 6) is 0.411. The number of thiazole rings is 1. The third kappa shape index (κ3) is 6.36. The van der Waals surface area contributed by atoms with Gasteiger partial charge in [0.1, 0.15) is 0 Å². The van der Waals surface area contributed by atoms with Crippen molar-refractivity contribution in [3.8, 4) is 11.5 Å². The topological polar surface area (TPSA) is 111 Å². The van der Waals surface area contributed by atoms with Crippen LogP contribution in [0.25, 0.3) is 12.2 Å². The Morgan fingerprint density at radius 3 is 2.63 bits per heavy atom. The molecule has 2 heterocycles. The van der Waals surface area contributed by atoms with Crippen molar-refractivity contribution in [2.45, 2.75) is 6.92 Å². The Morgan fingerprint density at radius 2 is 1.89 bits per heavy atom. The number of rotatable bonds is 9. The number of hydrogen-bond donors (Lipinski definition) is 2. The van der Waals surface area contributed by atoms with E-state index in [1.807, 2.05) is 25.1 Å².